The van der Waals surface area contributed by atoms with Crippen LogP contribution in [0.25, 0.3) is 11.1 Å². The number of hydrogen-bond acceptors (Lipinski definition) is 5. The third kappa shape index (κ3) is 4.10. The largest absolute Gasteiger partial charge is 0.477 e. The Morgan fingerprint density at radius 2 is 1.62 bits per heavy atom. The first-order valence-corrected chi connectivity index (χ1v) is 11.1. The van der Waals surface area contributed by atoms with E-state index >= 15 is 0 Å². The number of amides is 2. The summed E-state index contributed by atoms with van der Waals surface area (Å²) >= 11 is 0. The molecule has 3 N–H and O–H groups in total. The van der Waals surface area contributed by atoms with E-state index in [1.165, 1.54) is 12.3 Å². The Kier molecular flexibility index (Phi) is 5.49. The molecule has 0 bridgehead atoms. The average Bonchev–Trinajstić information content (AvgIpc) is 3.56. The molecule has 5 rings (SSSR count). The summed E-state index contributed by atoms with van der Waals surface area (Å²) in [6.45, 7) is 0.360. The molecule has 3 aromatic rings. The van der Waals surface area contributed by atoms with Gasteiger partial charge in [-0.25, -0.2) is 14.6 Å². The first-order valence-electron chi connectivity index (χ1n) is 11.1. The number of hydrogen-bond donors (Lipinski definition) is 3. The molecule has 0 spiro atoms. The Morgan fingerprint density at radius 3 is 2.18 bits per heavy atom. The van der Waals surface area contributed by atoms with Gasteiger partial charge in [0.15, 0.2) is 0 Å². The molecule has 1 aromatic heterocycles. The average molecular weight is 457 g/mol. The molecule has 2 aliphatic rings. The van der Waals surface area contributed by atoms with Gasteiger partial charge >= 0.3 is 12.1 Å². The van der Waals surface area contributed by atoms with Gasteiger partial charge in [-0.2, -0.15) is 0 Å². The quantitative estimate of drug-likeness (QED) is 0.500. The summed E-state index contributed by atoms with van der Waals surface area (Å²) in [4.78, 5) is 40.0. The van der Waals surface area contributed by atoms with E-state index in [9.17, 15) is 14.4 Å². The first kappa shape index (κ1) is 21.6. The highest BCUT2D eigenvalue weighted by Crippen LogP contribution is 2.44. The van der Waals surface area contributed by atoms with Crippen molar-refractivity contribution in [2.24, 2.45) is 0 Å². The van der Waals surface area contributed by atoms with Gasteiger partial charge in [0.25, 0.3) is 0 Å². The summed E-state index contributed by atoms with van der Waals surface area (Å²) in [5.74, 6) is -1.47. The third-order valence-corrected chi connectivity index (χ3v) is 6.37. The highest BCUT2D eigenvalue weighted by Gasteiger charge is 2.51. The lowest BCUT2D eigenvalue weighted by atomic mass is 9.98. The number of benzene rings is 2. The summed E-state index contributed by atoms with van der Waals surface area (Å²) in [5.41, 5.74) is 4.17. The second-order valence-corrected chi connectivity index (χ2v) is 8.57. The van der Waals surface area contributed by atoms with Crippen LogP contribution in [0.1, 0.15) is 45.9 Å². The van der Waals surface area contributed by atoms with Gasteiger partial charge in [-0.3, -0.25) is 4.79 Å². The maximum atomic E-state index is 12.7. The number of pyridine rings is 1. The first-order chi connectivity index (χ1) is 16.5. The monoisotopic (exact) mass is 457 g/mol. The van der Waals surface area contributed by atoms with Gasteiger partial charge in [0.05, 0.1) is 0 Å². The van der Waals surface area contributed by atoms with Gasteiger partial charge in [0.1, 0.15) is 17.8 Å². The Labute approximate surface area is 196 Å². The molecule has 0 aliphatic heterocycles. The fourth-order valence-corrected chi connectivity index (χ4v) is 4.37. The second kappa shape index (κ2) is 8.62. The summed E-state index contributed by atoms with van der Waals surface area (Å²) in [5, 5.41) is 14.4. The van der Waals surface area contributed by atoms with Gasteiger partial charge < -0.3 is 20.5 Å². The van der Waals surface area contributed by atoms with Crippen molar-refractivity contribution in [2.75, 3.05) is 6.61 Å². The smallest absolute Gasteiger partial charge is 0.408 e. The van der Waals surface area contributed by atoms with E-state index in [1.807, 2.05) is 24.3 Å². The van der Waals surface area contributed by atoms with Crippen molar-refractivity contribution in [3.05, 3.63) is 89.2 Å². The number of nitrogens with zero attached hydrogens (tertiary/aromatic N) is 1. The van der Waals surface area contributed by atoms with Crippen LogP contribution in [0.15, 0.2) is 66.9 Å². The molecule has 2 amide bonds. The van der Waals surface area contributed by atoms with E-state index in [4.69, 9.17) is 9.84 Å². The predicted molar refractivity (Wildman–Crippen MR) is 123 cm³/mol. The lowest BCUT2D eigenvalue weighted by molar-refractivity contribution is -0.124. The number of ether oxygens (including phenoxy) is 1. The number of carbonyl (C=O) groups is 3. The zero-order valence-electron chi connectivity index (χ0n) is 18.3. The predicted octanol–water partition coefficient (Wildman–Crippen LogP) is 3.47. The molecule has 1 heterocycles. The van der Waals surface area contributed by atoms with E-state index < -0.39 is 17.6 Å². The normalized spacial score (nSPS) is 15.1. The lowest BCUT2D eigenvalue weighted by Crippen LogP contribution is -2.49. The molecule has 8 nitrogen and oxygen atoms in total. The summed E-state index contributed by atoms with van der Waals surface area (Å²) in [6.07, 6.45) is 1.84. The Hall–Kier alpha value is -4.20. The van der Waals surface area contributed by atoms with Gasteiger partial charge in [0, 0.05) is 18.7 Å². The number of aromatic nitrogens is 1. The number of rotatable bonds is 7. The van der Waals surface area contributed by atoms with E-state index in [0.29, 0.717) is 18.4 Å². The van der Waals surface area contributed by atoms with E-state index in [0.717, 1.165) is 22.3 Å². The minimum Gasteiger partial charge on any atom is -0.477 e. The van der Waals surface area contributed by atoms with Crippen LogP contribution in [-0.2, 0) is 16.1 Å². The minimum atomic E-state index is -1.11. The van der Waals surface area contributed by atoms with Crippen LogP contribution >= 0.6 is 0 Å². The maximum absolute atomic E-state index is 12.7. The van der Waals surface area contributed by atoms with Gasteiger partial charge in [0.2, 0.25) is 5.91 Å². The molecule has 2 aromatic carbocycles. The van der Waals surface area contributed by atoms with Crippen LogP contribution in [0.3, 0.4) is 0 Å². The van der Waals surface area contributed by atoms with E-state index in [1.54, 1.807) is 6.07 Å². The van der Waals surface area contributed by atoms with Crippen LogP contribution in [0, 0.1) is 0 Å². The maximum Gasteiger partial charge on any atom is 0.408 e. The molecule has 1 saturated carbocycles. The number of carboxylic acids is 1. The number of fused-ring (bicyclic) bond motifs is 3. The minimum absolute atomic E-state index is 0.0524. The molecule has 0 saturated heterocycles. The fourth-order valence-electron chi connectivity index (χ4n) is 4.37. The molecule has 34 heavy (non-hydrogen) atoms. The van der Waals surface area contributed by atoms with Crippen molar-refractivity contribution in [2.45, 2.75) is 30.8 Å². The van der Waals surface area contributed by atoms with Crippen molar-refractivity contribution in [3.63, 3.8) is 0 Å². The fraction of sp³-hybridized carbons (Fsp3) is 0.231. The Morgan fingerprint density at radius 1 is 0.971 bits per heavy atom. The molecule has 0 atom stereocenters. The second-order valence-electron chi connectivity index (χ2n) is 8.57. The molecule has 172 valence electrons. The van der Waals surface area contributed by atoms with Crippen molar-refractivity contribution in [1.82, 2.24) is 15.6 Å². The topological polar surface area (TPSA) is 118 Å². The zero-order chi connectivity index (χ0) is 23.7. The van der Waals surface area contributed by atoms with E-state index in [2.05, 4.69) is 39.9 Å². The van der Waals surface area contributed by atoms with Crippen LogP contribution < -0.4 is 10.6 Å². The SMILES string of the molecule is O=C(NC1(C(=O)NCc2ccc(C(=O)O)nc2)CC1)OCC1c2ccccc2-c2ccccc21. The highest BCUT2D eigenvalue weighted by molar-refractivity contribution is 5.92. The Balaban J connectivity index is 1.17. The summed E-state index contributed by atoms with van der Waals surface area (Å²) in [6, 6.07) is 19.2. The molecular formula is C26H23N3O5. The Bertz CT molecular complexity index is 1220. The van der Waals surface area contributed by atoms with Gasteiger partial charge in [-0.15, -0.1) is 0 Å². The summed E-state index contributed by atoms with van der Waals surface area (Å²) < 4.78 is 5.57. The van der Waals surface area contributed by atoms with Crippen LogP contribution in [0.2, 0.25) is 0 Å². The van der Waals surface area contributed by atoms with Crippen LogP contribution in [0.4, 0.5) is 4.79 Å². The number of nitrogens with one attached hydrogen (secondary N) is 2. The number of alkyl carbamates (subject to hydrolysis) is 1. The van der Waals surface area contributed by atoms with Crippen molar-refractivity contribution in [1.29, 1.82) is 0 Å². The lowest BCUT2D eigenvalue weighted by Gasteiger charge is -2.19. The molecule has 1 fully saturated rings. The third-order valence-electron chi connectivity index (χ3n) is 6.37. The molecule has 2 aliphatic carbocycles. The molecule has 0 unspecified atom stereocenters. The zero-order valence-corrected chi connectivity index (χ0v) is 18.3. The van der Waals surface area contributed by atoms with Crippen molar-refractivity contribution >= 4 is 18.0 Å². The molecule has 0 radical (unpaired) electrons. The summed E-state index contributed by atoms with van der Waals surface area (Å²) in [7, 11) is 0. The molecule has 8 heteroatoms. The van der Waals surface area contributed by atoms with Crippen LogP contribution in [-0.4, -0.2) is 40.2 Å². The highest BCUT2D eigenvalue weighted by atomic mass is 16.5. The van der Waals surface area contributed by atoms with E-state index in [-0.39, 0.29) is 30.7 Å². The molecular weight excluding hydrogens is 434 g/mol. The van der Waals surface area contributed by atoms with Crippen molar-refractivity contribution in [3.8, 4) is 11.1 Å². The van der Waals surface area contributed by atoms with Crippen molar-refractivity contribution < 1.29 is 24.2 Å². The number of aromatic carboxylic acids is 1. The van der Waals surface area contributed by atoms with Crippen LogP contribution in [0.5, 0.6) is 0 Å². The number of carboxylic acid groups (broad SMARTS) is 1. The van der Waals surface area contributed by atoms with Gasteiger partial charge in [-0.05, 0) is 46.7 Å². The standard InChI is InChI=1S/C26H23N3O5/c30-23(31)22-10-9-16(13-27-22)14-28-24(32)26(11-12-26)29-25(33)34-15-21-19-7-3-1-5-17(19)18-6-2-4-8-20(18)21/h1-10,13,21H,11-12,14-15H2,(H,28,32)(H,29,33)(H,30,31). The van der Waals surface area contributed by atoms with Gasteiger partial charge in [-0.1, -0.05) is 54.6 Å². The number of carbonyl (C=O) groups excluding carboxylic acids is 2.